The summed E-state index contributed by atoms with van der Waals surface area (Å²) in [5, 5.41) is 7.98. The van der Waals surface area contributed by atoms with Gasteiger partial charge in [0.25, 0.3) is 5.89 Å². The molecule has 0 spiro atoms. The molecule has 4 rings (SSSR count). The predicted octanol–water partition coefficient (Wildman–Crippen LogP) is 4.62. The topological polar surface area (TPSA) is 72.7 Å². The Bertz CT molecular complexity index is 971. The molecule has 31 heavy (non-hydrogen) atoms. The summed E-state index contributed by atoms with van der Waals surface area (Å²) in [6.07, 6.45) is 2.57. The first-order valence-electron chi connectivity index (χ1n) is 10.5. The zero-order chi connectivity index (χ0) is 21.5. The number of halogens is 1. The molecular weight excluding hydrogens is 416 g/mol. The van der Waals surface area contributed by atoms with Gasteiger partial charge in [-0.05, 0) is 61.8 Å². The number of nitrogens with one attached hydrogen (secondary N) is 1. The molecule has 0 saturated carbocycles. The van der Waals surface area contributed by atoms with Crippen molar-refractivity contribution in [2.75, 3.05) is 38.6 Å². The van der Waals surface area contributed by atoms with Crippen molar-refractivity contribution in [2.45, 2.75) is 26.1 Å². The van der Waals surface area contributed by atoms with Crippen LogP contribution in [0.4, 0.5) is 5.69 Å². The largest absolute Gasteiger partial charge is 0.490 e. The molecule has 1 N–H and O–H groups in total. The maximum Gasteiger partial charge on any atom is 0.252 e. The number of anilines is 1. The number of likely N-dealkylation sites (tertiary alicyclic amines) is 1. The molecule has 2 aromatic carbocycles. The van der Waals surface area contributed by atoms with Crippen LogP contribution >= 0.6 is 11.6 Å². The van der Waals surface area contributed by atoms with Crippen molar-refractivity contribution < 1.29 is 14.0 Å². The van der Waals surface area contributed by atoms with Crippen LogP contribution in [0.15, 0.2) is 47.0 Å². The number of nitrogens with zero attached hydrogens (tertiary/aromatic N) is 3. The minimum Gasteiger partial charge on any atom is -0.490 e. The molecule has 1 aliphatic rings. The van der Waals surface area contributed by atoms with Crippen molar-refractivity contribution in [3.05, 3.63) is 58.9 Å². The van der Waals surface area contributed by atoms with Crippen LogP contribution in [0.3, 0.4) is 0 Å². The lowest BCUT2D eigenvalue weighted by molar-refractivity contribution is 0.0850. The van der Waals surface area contributed by atoms with Crippen molar-refractivity contribution >= 4 is 17.3 Å². The normalized spacial score (nSPS) is 14.1. The summed E-state index contributed by atoms with van der Waals surface area (Å²) in [6, 6.07) is 13.4. The second-order valence-corrected chi connectivity index (χ2v) is 7.93. The lowest BCUT2D eigenvalue weighted by Crippen LogP contribution is -2.25. The lowest BCUT2D eigenvalue weighted by atomic mass is 10.1. The molecule has 0 bridgehead atoms. The van der Waals surface area contributed by atoms with Crippen molar-refractivity contribution in [1.82, 2.24) is 15.0 Å². The summed E-state index contributed by atoms with van der Waals surface area (Å²) in [6.45, 7) is 4.66. The van der Waals surface area contributed by atoms with Crippen LogP contribution in [-0.2, 0) is 18.0 Å². The van der Waals surface area contributed by atoms with E-state index in [1.165, 1.54) is 25.9 Å². The summed E-state index contributed by atoms with van der Waals surface area (Å²) >= 11 is 5.90. The molecule has 1 saturated heterocycles. The Morgan fingerprint density at radius 3 is 2.68 bits per heavy atom. The number of benzene rings is 2. The molecule has 0 unspecified atom stereocenters. The average molecular weight is 443 g/mol. The minimum atomic E-state index is 0.242. The van der Waals surface area contributed by atoms with Gasteiger partial charge in [0, 0.05) is 24.2 Å². The van der Waals surface area contributed by atoms with E-state index >= 15 is 0 Å². The predicted molar refractivity (Wildman–Crippen MR) is 120 cm³/mol. The highest BCUT2D eigenvalue weighted by molar-refractivity contribution is 6.30. The molecule has 3 aromatic rings. The van der Waals surface area contributed by atoms with Gasteiger partial charge in [-0.1, -0.05) is 28.9 Å². The van der Waals surface area contributed by atoms with Gasteiger partial charge in [0.1, 0.15) is 19.0 Å². The van der Waals surface area contributed by atoms with E-state index in [2.05, 4.69) is 20.4 Å². The third kappa shape index (κ3) is 5.97. The van der Waals surface area contributed by atoms with E-state index in [9.17, 15) is 0 Å². The van der Waals surface area contributed by atoms with Gasteiger partial charge in [-0.2, -0.15) is 4.98 Å². The summed E-state index contributed by atoms with van der Waals surface area (Å²) in [7, 11) is 1.87. The van der Waals surface area contributed by atoms with Gasteiger partial charge in [0.15, 0.2) is 0 Å². The van der Waals surface area contributed by atoms with Gasteiger partial charge < -0.3 is 19.3 Å². The van der Waals surface area contributed by atoms with Gasteiger partial charge in [-0.25, -0.2) is 0 Å². The monoisotopic (exact) mass is 442 g/mol. The standard InChI is InChI=1S/C23H27ClN4O3/c1-25-20-14-18(6-9-21(20)30-13-12-28-10-2-3-11-28)23-26-22(31-27-23)16-29-15-17-4-7-19(24)8-5-17/h4-9,14,25H,2-3,10-13,15-16H2,1H3. The summed E-state index contributed by atoms with van der Waals surface area (Å²) in [5.74, 6) is 1.77. The van der Waals surface area contributed by atoms with Crippen LogP contribution in [0.25, 0.3) is 11.4 Å². The third-order valence-electron chi connectivity index (χ3n) is 5.25. The third-order valence-corrected chi connectivity index (χ3v) is 5.50. The zero-order valence-corrected chi connectivity index (χ0v) is 18.4. The SMILES string of the molecule is CNc1cc(-c2noc(COCc3ccc(Cl)cc3)n2)ccc1OCCN1CCCC1. The first-order chi connectivity index (χ1) is 15.2. The average Bonchev–Trinajstić information content (AvgIpc) is 3.48. The van der Waals surface area contributed by atoms with Gasteiger partial charge in [0.05, 0.1) is 12.3 Å². The molecule has 1 aliphatic heterocycles. The summed E-state index contributed by atoms with van der Waals surface area (Å²) in [4.78, 5) is 6.88. The van der Waals surface area contributed by atoms with Crippen molar-refractivity contribution in [2.24, 2.45) is 0 Å². The van der Waals surface area contributed by atoms with E-state index in [1.807, 2.05) is 49.5 Å². The van der Waals surface area contributed by atoms with Crippen molar-refractivity contribution in [3.8, 4) is 17.1 Å². The zero-order valence-electron chi connectivity index (χ0n) is 17.6. The Kier molecular flexibility index (Phi) is 7.40. The molecule has 1 aromatic heterocycles. The Morgan fingerprint density at radius 1 is 1.10 bits per heavy atom. The lowest BCUT2D eigenvalue weighted by Gasteiger charge is -2.16. The number of hydrogen-bond acceptors (Lipinski definition) is 7. The first kappa shape index (κ1) is 21.6. The first-order valence-corrected chi connectivity index (χ1v) is 10.9. The minimum absolute atomic E-state index is 0.242. The van der Waals surface area contributed by atoms with Crippen LogP contribution in [0.5, 0.6) is 5.75 Å². The number of hydrogen-bond donors (Lipinski definition) is 1. The smallest absolute Gasteiger partial charge is 0.252 e. The fourth-order valence-electron chi connectivity index (χ4n) is 3.55. The summed E-state index contributed by atoms with van der Waals surface area (Å²) < 4.78 is 17.0. The molecule has 0 radical (unpaired) electrons. The van der Waals surface area contributed by atoms with Gasteiger partial charge >= 0.3 is 0 Å². The Balaban J connectivity index is 1.32. The molecule has 1 fully saturated rings. The Labute approximate surface area is 187 Å². The summed E-state index contributed by atoms with van der Waals surface area (Å²) in [5.41, 5.74) is 2.77. The second kappa shape index (κ2) is 10.6. The van der Waals surface area contributed by atoms with Crippen LogP contribution in [0.2, 0.25) is 5.02 Å². The molecule has 0 atom stereocenters. The Morgan fingerprint density at radius 2 is 1.90 bits per heavy atom. The van der Waals surface area contributed by atoms with Crippen molar-refractivity contribution in [1.29, 1.82) is 0 Å². The van der Waals surface area contributed by atoms with E-state index in [0.717, 1.165) is 29.1 Å². The van der Waals surface area contributed by atoms with Gasteiger partial charge in [-0.15, -0.1) is 0 Å². The number of aromatic nitrogens is 2. The van der Waals surface area contributed by atoms with E-state index in [4.69, 9.17) is 25.6 Å². The fourth-order valence-corrected chi connectivity index (χ4v) is 3.67. The molecule has 164 valence electrons. The molecule has 2 heterocycles. The highest BCUT2D eigenvalue weighted by Gasteiger charge is 2.14. The number of rotatable bonds is 10. The highest BCUT2D eigenvalue weighted by atomic mass is 35.5. The fraction of sp³-hybridized carbons (Fsp3) is 0.391. The van der Waals surface area contributed by atoms with Crippen LogP contribution in [-0.4, -0.2) is 48.3 Å². The van der Waals surface area contributed by atoms with Crippen LogP contribution in [0.1, 0.15) is 24.3 Å². The Hall–Kier alpha value is -2.61. The second-order valence-electron chi connectivity index (χ2n) is 7.49. The molecule has 0 amide bonds. The molecular formula is C23H27ClN4O3. The quantitative estimate of drug-likeness (QED) is 0.491. The van der Waals surface area contributed by atoms with E-state index < -0.39 is 0 Å². The van der Waals surface area contributed by atoms with Crippen LogP contribution in [0, 0.1) is 0 Å². The maximum absolute atomic E-state index is 5.99. The van der Waals surface area contributed by atoms with Crippen LogP contribution < -0.4 is 10.1 Å². The van der Waals surface area contributed by atoms with E-state index in [1.54, 1.807) is 0 Å². The van der Waals surface area contributed by atoms with Gasteiger partial charge in [0.2, 0.25) is 5.82 Å². The van der Waals surface area contributed by atoms with E-state index in [-0.39, 0.29) is 6.61 Å². The molecule has 7 nitrogen and oxygen atoms in total. The molecule has 8 heteroatoms. The van der Waals surface area contributed by atoms with E-state index in [0.29, 0.717) is 30.0 Å². The molecule has 0 aliphatic carbocycles. The van der Waals surface area contributed by atoms with Gasteiger partial charge in [-0.3, -0.25) is 4.90 Å². The van der Waals surface area contributed by atoms with Crippen molar-refractivity contribution in [3.63, 3.8) is 0 Å². The highest BCUT2D eigenvalue weighted by Crippen LogP contribution is 2.29. The maximum atomic E-state index is 5.99. The number of ether oxygens (including phenoxy) is 2.